The first-order valence-electron chi connectivity index (χ1n) is 5.63. The number of ether oxygens (including phenoxy) is 1. The van der Waals surface area contributed by atoms with Gasteiger partial charge in [-0.05, 0) is 35.2 Å². The van der Waals surface area contributed by atoms with Crippen molar-refractivity contribution in [2.45, 2.75) is 4.83 Å². The molecule has 1 aromatic carbocycles. The van der Waals surface area contributed by atoms with E-state index < -0.39 is 0 Å². The van der Waals surface area contributed by atoms with Crippen LogP contribution in [0.5, 0.6) is 5.75 Å². The van der Waals surface area contributed by atoms with Gasteiger partial charge in [-0.1, -0.05) is 22.0 Å². The van der Waals surface area contributed by atoms with E-state index in [9.17, 15) is 4.39 Å². The third kappa shape index (κ3) is 2.42. The minimum Gasteiger partial charge on any atom is -0.494 e. The molecule has 5 heteroatoms. The second-order valence-electron chi connectivity index (χ2n) is 4.05. The largest absolute Gasteiger partial charge is 0.494 e. The molecular formula is C14H10BrFOS2. The number of alkyl halides is 1. The van der Waals surface area contributed by atoms with Crippen molar-refractivity contribution in [2.75, 3.05) is 7.11 Å². The maximum atomic E-state index is 13.7. The van der Waals surface area contributed by atoms with Crippen molar-refractivity contribution < 1.29 is 9.13 Å². The van der Waals surface area contributed by atoms with Crippen LogP contribution >= 0.6 is 38.6 Å². The zero-order valence-electron chi connectivity index (χ0n) is 10.0. The Kier molecular flexibility index (Phi) is 3.60. The molecule has 1 atom stereocenters. The average molecular weight is 357 g/mol. The fraction of sp³-hybridized carbons (Fsp3) is 0.143. The summed E-state index contributed by atoms with van der Waals surface area (Å²) in [5, 5.41) is 2.08. The van der Waals surface area contributed by atoms with Gasteiger partial charge in [0, 0.05) is 14.3 Å². The smallest absolute Gasteiger partial charge is 0.165 e. The molecule has 19 heavy (non-hydrogen) atoms. The van der Waals surface area contributed by atoms with Crippen molar-refractivity contribution >= 4 is 48.0 Å². The molecule has 0 amide bonds. The topological polar surface area (TPSA) is 9.23 Å². The Labute approximate surface area is 126 Å². The molecule has 1 unspecified atom stereocenters. The lowest BCUT2D eigenvalue weighted by Gasteiger charge is -2.09. The first-order valence-corrected chi connectivity index (χ1v) is 8.24. The van der Waals surface area contributed by atoms with Gasteiger partial charge in [0.1, 0.15) is 0 Å². The molecule has 0 fully saturated rings. The van der Waals surface area contributed by atoms with Crippen molar-refractivity contribution in [3.63, 3.8) is 0 Å². The van der Waals surface area contributed by atoms with Crippen molar-refractivity contribution in [1.29, 1.82) is 0 Å². The van der Waals surface area contributed by atoms with Gasteiger partial charge in [-0.25, -0.2) is 4.39 Å². The Hall–Kier alpha value is -0.910. The summed E-state index contributed by atoms with van der Waals surface area (Å²) in [7, 11) is 1.47. The maximum absolute atomic E-state index is 13.7. The van der Waals surface area contributed by atoms with Crippen LogP contribution in [0.15, 0.2) is 35.7 Å². The summed E-state index contributed by atoms with van der Waals surface area (Å²) in [5.74, 6) is -0.0570. The highest BCUT2D eigenvalue weighted by Gasteiger charge is 2.16. The van der Waals surface area contributed by atoms with Crippen LogP contribution in [0.25, 0.3) is 9.40 Å². The van der Waals surface area contributed by atoms with E-state index in [1.165, 1.54) is 27.5 Å². The second kappa shape index (κ2) is 5.23. The average Bonchev–Trinajstić information content (AvgIpc) is 2.98. The van der Waals surface area contributed by atoms with Crippen LogP contribution in [-0.4, -0.2) is 7.11 Å². The lowest BCUT2D eigenvalue weighted by Crippen LogP contribution is -1.93. The van der Waals surface area contributed by atoms with E-state index in [0.717, 1.165) is 5.56 Å². The normalized spacial score (nSPS) is 12.8. The van der Waals surface area contributed by atoms with Crippen molar-refractivity contribution in [3.8, 4) is 5.75 Å². The van der Waals surface area contributed by atoms with E-state index in [4.69, 9.17) is 4.74 Å². The fourth-order valence-corrected chi connectivity index (χ4v) is 4.74. The number of benzene rings is 1. The first kappa shape index (κ1) is 13.1. The highest BCUT2D eigenvalue weighted by atomic mass is 79.9. The van der Waals surface area contributed by atoms with Crippen molar-refractivity contribution in [2.24, 2.45) is 0 Å². The number of methoxy groups -OCH3 is 1. The molecule has 1 nitrogen and oxygen atoms in total. The number of halogens is 2. The molecule has 0 saturated carbocycles. The van der Waals surface area contributed by atoms with Gasteiger partial charge in [-0.3, -0.25) is 0 Å². The van der Waals surface area contributed by atoms with Gasteiger partial charge in [-0.2, -0.15) is 0 Å². The van der Waals surface area contributed by atoms with E-state index in [0.29, 0.717) is 0 Å². The van der Waals surface area contributed by atoms with E-state index in [2.05, 4.69) is 33.4 Å². The van der Waals surface area contributed by atoms with Crippen molar-refractivity contribution in [3.05, 3.63) is 52.0 Å². The van der Waals surface area contributed by atoms with Crippen LogP contribution in [0.3, 0.4) is 0 Å². The summed E-state index contributed by atoms with van der Waals surface area (Å²) in [6.45, 7) is 0. The van der Waals surface area contributed by atoms with Crippen LogP contribution in [0.1, 0.15) is 15.3 Å². The second-order valence-corrected chi connectivity index (χ2v) is 7.03. The molecule has 0 radical (unpaired) electrons. The van der Waals surface area contributed by atoms with Crippen LogP contribution in [0.4, 0.5) is 4.39 Å². The van der Waals surface area contributed by atoms with E-state index in [1.807, 2.05) is 6.07 Å². The predicted octanol–water partition coefficient (Wildman–Crippen LogP) is 5.59. The Balaban J connectivity index is 1.96. The lowest BCUT2D eigenvalue weighted by molar-refractivity contribution is 0.386. The zero-order valence-corrected chi connectivity index (χ0v) is 13.2. The molecule has 0 saturated heterocycles. The summed E-state index contributed by atoms with van der Waals surface area (Å²) >= 11 is 7.10. The Morgan fingerprint density at radius 2 is 2.05 bits per heavy atom. The molecule has 98 valence electrons. The monoisotopic (exact) mass is 356 g/mol. The van der Waals surface area contributed by atoms with Crippen LogP contribution < -0.4 is 4.74 Å². The van der Waals surface area contributed by atoms with Crippen LogP contribution in [0, 0.1) is 5.82 Å². The number of rotatable bonds is 3. The summed E-state index contributed by atoms with van der Waals surface area (Å²) in [5.41, 5.74) is 0.896. The number of thiophene rings is 2. The fourth-order valence-electron chi connectivity index (χ4n) is 1.91. The lowest BCUT2D eigenvalue weighted by atomic mass is 10.1. The zero-order chi connectivity index (χ0) is 13.4. The minimum atomic E-state index is -0.331. The van der Waals surface area contributed by atoms with Gasteiger partial charge in [0.25, 0.3) is 0 Å². The maximum Gasteiger partial charge on any atom is 0.165 e. The van der Waals surface area contributed by atoms with E-state index >= 15 is 0 Å². The number of fused-ring (bicyclic) bond motifs is 1. The molecule has 0 aliphatic carbocycles. The molecule has 3 aromatic rings. The number of hydrogen-bond donors (Lipinski definition) is 0. The van der Waals surface area contributed by atoms with Gasteiger partial charge in [0.15, 0.2) is 11.6 Å². The van der Waals surface area contributed by atoms with Crippen LogP contribution in [-0.2, 0) is 0 Å². The van der Waals surface area contributed by atoms with Gasteiger partial charge >= 0.3 is 0 Å². The molecule has 0 spiro atoms. The van der Waals surface area contributed by atoms with E-state index in [-0.39, 0.29) is 16.4 Å². The molecular weight excluding hydrogens is 347 g/mol. The molecule has 0 N–H and O–H groups in total. The first-order chi connectivity index (χ1) is 9.19. The molecule has 2 heterocycles. The molecule has 0 bridgehead atoms. The van der Waals surface area contributed by atoms with Gasteiger partial charge in [0.05, 0.1) is 11.9 Å². The van der Waals surface area contributed by atoms with Gasteiger partial charge in [-0.15, -0.1) is 22.7 Å². The minimum absolute atomic E-state index is 0.0116. The third-order valence-electron chi connectivity index (χ3n) is 2.88. The Morgan fingerprint density at radius 3 is 2.74 bits per heavy atom. The third-order valence-corrected chi connectivity index (χ3v) is 6.36. The predicted molar refractivity (Wildman–Crippen MR) is 83.4 cm³/mol. The molecule has 3 rings (SSSR count). The van der Waals surface area contributed by atoms with E-state index in [1.54, 1.807) is 28.7 Å². The van der Waals surface area contributed by atoms with Gasteiger partial charge in [0.2, 0.25) is 0 Å². The molecule has 0 aliphatic heterocycles. The Morgan fingerprint density at radius 1 is 1.21 bits per heavy atom. The van der Waals surface area contributed by atoms with Crippen LogP contribution in [0.2, 0.25) is 0 Å². The highest BCUT2D eigenvalue weighted by molar-refractivity contribution is 9.09. The molecule has 0 aliphatic rings. The summed E-state index contributed by atoms with van der Waals surface area (Å²) in [6.07, 6.45) is 0. The number of hydrogen-bond acceptors (Lipinski definition) is 3. The molecule has 2 aromatic heterocycles. The standard InChI is InChI=1S/C14H10BrFOS2/c1-17-10-3-2-8(6-9(10)16)14(15)13-7-12-11(19-13)4-5-18-12/h2-7,14H,1H3. The highest BCUT2D eigenvalue weighted by Crippen LogP contribution is 2.40. The summed E-state index contributed by atoms with van der Waals surface area (Å²) in [6, 6.07) is 9.34. The van der Waals surface area contributed by atoms with Crippen molar-refractivity contribution in [1.82, 2.24) is 0 Å². The van der Waals surface area contributed by atoms with Gasteiger partial charge < -0.3 is 4.74 Å². The Bertz CT molecular complexity index is 691. The quantitative estimate of drug-likeness (QED) is 0.555. The summed E-state index contributed by atoms with van der Waals surface area (Å²) < 4.78 is 21.2. The SMILES string of the molecule is COc1ccc(C(Br)c2cc3sccc3s2)cc1F. The summed E-state index contributed by atoms with van der Waals surface area (Å²) in [4.78, 5) is 1.20.